The van der Waals surface area contributed by atoms with E-state index in [1.807, 2.05) is 29.2 Å². The van der Waals surface area contributed by atoms with E-state index in [0.717, 1.165) is 62.0 Å². The lowest BCUT2D eigenvalue weighted by Gasteiger charge is -2.32. The quantitative estimate of drug-likeness (QED) is 0.130. The van der Waals surface area contributed by atoms with Crippen molar-refractivity contribution in [3.8, 4) is 11.8 Å². The van der Waals surface area contributed by atoms with Crippen molar-refractivity contribution in [3.63, 3.8) is 0 Å². The number of piperidine rings is 2. The third-order valence-corrected chi connectivity index (χ3v) is 11.5. The molecule has 2 N–H and O–H groups in total. The Labute approximate surface area is 302 Å². The van der Waals surface area contributed by atoms with Gasteiger partial charge >= 0.3 is 0 Å². The second kappa shape index (κ2) is 17.0. The number of anilines is 1. The number of ether oxygens (including phenoxy) is 1. The molecular weight excluding hydrogens is 663 g/mol. The van der Waals surface area contributed by atoms with Crippen molar-refractivity contribution in [2.24, 2.45) is 23.0 Å². The highest BCUT2D eigenvalue weighted by Crippen LogP contribution is 2.33. The van der Waals surface area contributed by atoms with E-state index in [-0.39, 0.29) is 6.04 Å². The van der Waals surface area contributed by atoms with Crippen molar-refractivity contribution in [3.05, 3.63) is 71.1 Å². The van der Waals surface area contributed by atoms with E-state index in [2.05, 4.69) is 62.7 Å². The number of carbonyl (C=O) groups excluding carboxylic acids is 1. The van der Waals surface area contributed by atoms with Crippen LogP contribution in [0.5, 0.6) is 5.75 Å². The summed E-state index contributed by atoms with van der Waals surface area (Å²) in [6.07, 6.45) is 12.4. The highest BCUT2D eigenvalue weighted by atomic mass is 32.2. The zero-order chi connectivity index (χ0) is 35.7. The molecule has 1 amide bonds. The molecule has 1 aromatic heterocycles. The smallest absolute Gasteiger partial charge is 0.212 e. The Bertz CT molecular complexity index is 1870. The largest absolute Gasteiger partial charge is 0.491 e. The minimum absolute atomic E-state index is 0.0612. The Balaban J connectivity index is 0.991. The highest BCUT2D eigenvalue weighted by Gasteiger charge is 2.25. The molecule has 6 rings (SSSR count). The fourth-order valence-corrected chi connectivity index (χ4v) is 8.02. The summed E-state index contributed by atoms with van der Waals surface area (Å²) >= 11 is 0. The third kappa shape index (κ3) is 9.00. The predicted molar refractivity (Wildman–Crippen MR) is 202 cm³/mol. The second-order valence-corrected chi connectivity index (χ2v) is 14.8. The number of nitrogens with one attached hydrogen (secondary N) is 2. The molecule has 51 heavy (non-hydrogen) atoms. The molecule has 3 fully saturated rings. The van der Waals surface area contributed by atoms with Crippen LogP contribution in [0.4, 0.5) is 5.82 Å². The van der Waals surface area contributed by atoms with Crippen LogP contribution in [0.15, 0.2) is 74.8 Å². The normalized spacial score (nSPS) is 19.2. The lowest BCUT2D eigenvalue weighted by molar-refractivity contribution is -0.108. The van der Waals surface area contributed by atoms with Gasteiger partial charge in [-0.15, -0.1) is 0 Å². The third-order valence-electron chi connectivity index (χ3n) is 9.99. The van der Waals surface area contributed by atoms with Gasteiger partial charge in [-0.3, -0.25) is 19.4 Å². The zero-order valence-electron chi connectivity index (χ0n) is 29.5. The number of likely N-dealkylation sites (tertiary alicyclic amines) is 1. The summed E-state index contributed by atoms with van der Waals surface area (Å²) in [7, 11) is 2.49. The molecule has 3 aromatic rings. The van der Waals surface area contributed by atoms with Gasteiger partial charge < -0.3 is 15.4 Å². The average molecular weight is 710 g/mol. The van der Waals surface area contributed by atoms with Gasteiger partial charge in [-0.2, -0.15) is 10.4 Å². The van der Waals surface area contributed by atoms with Crippen molar-refractivity contribution in [1.29, 1.82) is 5.26 Å². The molecule has 1 atom stereocenters. The standard InChI is InChI=1S/C38H47N9O3S/c1-40-37(43-26-48)31(7-6-27-4-5-27)25-42-32-14-18-47(19-15-32)51(49)33-10-8-30(24-39)36(23-33)50-21-20-46-16-12-28(13-17-46)29-9-11-34-35(22-29)45(3)44-38(34)41-2/h6-11,22-23,25-28,32H,1,4-5,12-21H2,2-3H3,(H,41,44)(H,43,48)/b7-6-,37-31+,42-25?. The minimum Gasteiger partial charge on any atom is -0.491 e. The average Bonchev–Trinajstić information content (AvgIpc) is 3.95. The molecule has 1 saturated carbocycles. The van der Waals surface area contributed by atoms with Gasteiger partial charge in [0.2, 0.25) is 6.41 Å². The number of amides is 1. The van der Waals surface area contributed by atoms with E-state index in [0.29, 0.717) is 65.5 Å². The van der Waals surface area contributed by atoms with Gasteiger partial charge in [0.15, 0.2) is 5.82 Å². The maximum Gasteiger partial charge on any atom is 0.212 e. The van der Waals surface area contributed by atoms with Crippen LogP contribution in [-0.2, 0) is 22.8 Å². The van der Waals surface area contributed by atoms with E-state index in [4.69, 9.17) is 9.73 Å². The van der Waals surface area contributed by atoms with Crippen LogP contribution in [-0.4, -0.2) is 95.0 Å². The number of rotatable bonds is 15. The first-order valence-corrected chi connectivity index (χ1v) is 18.8. The first-order valence-electron chi connectivity index (χ1n) is 17.7. The topological polar surface area (TPSA) is 140 Å². The first kappa shape index (κ1) is 36.2. The van der Waals surface area contributed by atoms with Gasteiger partial charge in [0.1, 0.15) is 35.2 Å². The van der Waals surface area contributed by atoms with Gasteiger partial charge in [-0.1, -0.05) is 18.2 Å². The number of nitriles is 1. The van der Waals surface area contributed by atoms with E-state index in [1.165, 1.54) is 18.4 Å². The Morgan fingerprint density at radius 1 is 1.12 bits per heavy atom. The second-order valence-electron chi connectivity index (χ2n) is 13.3. The van der Waals surface area contributed by atoms with Crippen LogP contribution in [0.2, 0.25) is 0 Å². The maximum absolute atomic E-state index is 13.6. The van der Waals surface area contributed by atoms with Crippen LogP contribution < -0.4 is 15.4 Å². The molecule has 0 spiro atoms. The Kier molecular flexibility index (Phi) is 12.1. The number of aliphatic imine (C=N–C) groups is 2. The molecule has 1 unspecified atom stereocenters. The predicted octanol–water partition coefficient (Wildman–Crippen LogP) is 4.93. The zero-order valence-corrected chi connectivity index (χ0v) is 30.3. The van der Waals surface area contributed by atoms with E-state index in [1.54, 1.807) is 24.4 Å². The molecule has 3 aliphatic rings. The van der Waals surface area contributed by atoms with Gasteiger partial charge in [-0.05, 0) is 106 Å². The molecule has 0 bridgehead atoms. The van der Waals surface area contributed by atoms with E-state index < -0.39 is 11.0 Å². The summed E-state index contributed by atoms with van der Waals surface area (Å²) in [5, 5.41) is 21.2. The number of fused-ring (bicyclic) bond motifs is 1. The molecule has 13 heteroatoms. The summed E-state index contributed by atoms with van der Waals surface area (Å²) in [5.74, 6) is 2.82. The number of carbonyl (C=O) groups is 1. The molecule has 2 aliphatic heterocycles. The van der Waals surface area contributed by atoms with Crippen molar-refractivity contribution >= 4 is 47.0 Å². The molecule has 0 radical (unpaired) electrons. The van der Waals surface area contributed by atoms with Crippen LogP contribution in [0, 0.1) is 17.2 Å². The SMILES string of the molecule is C=N/C(NC=O)=C(C=NC1CCN(S(=O)c2ccc(C#N)c(OCCN3CCC(c4ccc5c(NC)nn(C)c5c4)CC3)c2)CC1)/C=C\C1CC1. The summed E-state index contributed by atoms with van der Waals surface area (Å²) in [4.78, 5) is 22.8. The fourth-order valence-electron chi connectivity index (χ4n) is 6.79. The molecule has 1 aliphatic carbocycles. The van der Waals surface area contributed by atoms with Crippen LogP contribution in [0.3, 0.4) is 0 Å². The van der Waals surface area contributed by atoms with Gasteiger partial charge in [0.05, 0.1) is 22.0 Å². The molecule has 268 valence electrons. The lowest BCUT2D eigenvalue weighted by atomic mass is 9.89. The first-order chi connectivity index (χ1) is 24.9. The number of nitrogens with zero attached hydrogens (tertiary/aromatic N) is 7. The van der Waals surface area contributed by atoms with Gasteiger partial charge in [-0.25, -0.2) is 13.5 Å². The summed E-state index contributed by atoms with van der Waals surface area (Å²) < 4.78 is 23.7. The maximum atomic E-state index is 13.6. The molecule has 3 heterocycles. The molecule has 12 nitrogen and oxygen atoms in total. The number of hydrogen-bond acceptors (Lipinski definition) is 9. The number of aromatic nitrogens is 2. The van der Waals surface area contributed by atoms with Crippen molar-refractivity contribution in [2.45, 2.75) is 55.4 Å². The fraction of sp³-hybridized carbons (Fsp3) is 0.447. The van der Waals surface area contributed by atoms with Crippen molar-refractivity contribution in [2.75, 3.05) is 51.7 Å². The molecule has 2 aromatic carbocycles. The van der Waals surface area contributed by atoms with E-state index >= 15 is 0 Å². The Morgan fingerprint density at radius 2 is 1.90 bits per heavy atom. The number of hydrogen-bond donors (Lipinski definition) is 2. The van der Waals surface area contributed by atoms with Crippen molar-refractivity contribution in [1.82, 2.24) is 24.3 Å². The minimum atomic E-state index is -1.39. The van der Waals surface area contributed by atoms with Crippen LogP contribution >= 0.6 is 0 Å². The number of allylic oxidation sites excluding steroid dienone is 3. The van der Waals surface area contributed by atoms with Gasteiger partial charge in [0, 0.05) is 50.9 Å². The summed E-state index contributed by atoms with van der Waals surface area (Å²) in [6.45, 7) is 7.97. The van der Waals surface area contributed by atoms with Gasteiger partial charge in [0.25, 0.3) is 0 Å². The molecule has 2 saturated heterocycles. The highest BCUT2D eigenvalue weighted by molar-refractivity contribution is 7.82. The van der Waals surface area contributed by atoms with Crippen LogP contribution in [0.1, 0.15) is 55.6 Å². The number of benzene rings is 2. The Morgan fingerprint density at radius 3 is 2.59 bits per heavy atom. The lowest BCUT2D eigenvalue weighted by Crippen LogP contribution is -2.36. The monoisotopic (exact) mass is 709 g/mol. The van der Waals surface area contributed by atoms with Crippen LogP contribution in [0.25, 0.3) is 10.9 Å². The Hall–Kier alpha value is -4.64. The summed E-state index contributed by atoms with van der Waals surface area (Å²) in [6, 6.07) is 14.2. The van der Waals surface area contributed by atoms with Crippen molar-refractivity contribution < 1.29 is 13.7 Å². The molecular formula is C38H47N9O3S. The summed E-state index contributed by atoms with van der Waals surface area (Å²) in [5.41, 5.74) is 3.65. The van der Waals surface area contributed by atoms with E-state index in [9.17, 15) is 14.3 Å². The number of aryl methyl sites for hydroxylation is 1.